The van der Waals surface area contributed by atoms with E-state index in [4.69, 9.17) is 5.11 Å². The molecule has 0 fully saturated rings. The van der Waals surface area contributed by atoms with Crippen LogP contribution in [0, 0.1) is 6.92 Å². The largest absolute Gasteiger partial charge is 0.475 e. The summed E-state index contributed by atoms with van der Waals surface area (Å²) >= 11 is 0. The van der Waals surface area contributed by atoms with Gasteiger partial charge in [-0.25, -0.2) is 9.59 Å². The Morgan fingerprint density at radius 2 is 1.84 bits per heavy atom. The van der Waals surface area contributed by atoms with Crippen molar-refractivity contribution in [2.45, 2.75) is 26.8 Å². The van der Waals surface area contributed by atoms with Gasteiger partial charge in [-0.05, 0) is 32.9 Å². The summed E-state index contributed by atoms with van der Waals surface area (Å²) in [5, 5.41) is 13.0. The topological polar surface area (TPSA) is 77.1 Å². The van der Waals surface area contributed by atoms with Crippen LogP contribution in [0.3, 0.4) is 0 Å². The molecule has 1 N–H and O–H groups in total. The summed E-state index contributed by atoms with van der Waals surface area (Å²) in [7, 11) is 0. The molecule has 100 valence electrons. The van der Waals surface area contributed by atoms with Crippen molar-refractivity contribution in [1.82, 2.24) is 14.3 Å². The highest BCUT2D eigenvalue weighted by Gasteiger charge is 2.21. The third kappa shape index (κ3) is 2.29. The van der Waals surface area contributed by atoms with Gasteiger partial charge >= 0.3 is 11.7 Å². The summed E-state index contributed by atoms with van der Waals surface area (Å²) in [4.78, 5) is 23.4. The van der Waals surface area contributed by atoms with E-state index in [0.717, 1.165) is 10.2 Å². The van der Waals surface area contributed by atoms with Gasteiger partial charge in [0.2, 0.25) is 5.82 Å². The quantitative estimate of drug-likeness (QED) is 0.910. The van der Waals surface area contributed by atoms with E-state index in [1.165, 1.54) is 4.57 Å². The fourth-order valence-electron chi connectivity index (χ4n) is 1.84. The zero-order valence-electron chi connectivity index (χ0n) is 11.0. The Bertz CT molecular complexity index is 665. The Morgan fingerprint density at radius 3 is 2.26 bits per heavy atom. The van der Waals surface area contributed by atoms with E-state index in [2.05, 4.69) is 5.10 Å². The molecule has 0 aliphatic rings. The van der Waals surface area contributed by atoms with Crippen LogP contribution >= 0.6 is 0 Å². The van der Waals surface area contributed by atoms with E-state index < -0.39 is 11.7 Å². The van der Waals surface area contributed by atoms with E-state index >= 15 is 0 Å². The average molecular weight is 261 g/mol. The summed E-state index contributed by atoms with van der Waals surface area (Å²) in [6.45, 7) is 5.42. The molecule has 1 aromatic carbocycles. The molecule has 0 radical (unpaired) electrons. The number of carbonyl (C=O) groups is 1. The molecule has 0 saturated heterocycles. The van der Waals surface area contributed by atoms with Gasteiger partial charge < -0.3 is 5.11 Å². The number of hydrogen-bond donors (Lipinski definition) is 1. The lowest BCUT2D eigenvalue weighted by molar-refractivity contribution is 0.0675. The molecular formula is C13H15N3O3. The highest BCUT2D eigenvalue weighted by molar-refractivity contribution is 5.83. The molecule has 2 aromatic rings. The molecule has 0 bridgehead atoms. The average Bonchev–Trinajstić information content (AvgIpc) is 2.68. The lowest BCUT2D eigenvalue weighted by atomic mass is 10.2. The summed E-state index contributed by atoms with van der Waals surface area (Å²) < 4.78 is 2.28. The Kier molecular flexibility index (Phi) is 3.25. The van der Waals surface area contributed by atoms with E-state index in [1.54, 1.807) is 26.0 Å². The minimum Gasteiger partial charge on any atom is -0.475 e. The second kappa shape index (κ2) is 4.72. The van der Waals surface area contributed by atoms with Crippen molar-refractivity contribution >= 4 is 5.97 Å². The molecule has 0 atom stereocenters. The van der Waals surface area contributed by atoms with Crippen molar-refractivity contribution in [3.8, 4) is 5.69 Å². The van der Waals surface area contributed by atoms with Crippen molar-refractivity contribution in [2.24, 2.45) is 0 Å². The van der Waals surface area contributed by atoms with Gasteiger partial charge in [0.15, 0.2) is 0 Å². The standard InChI is InChI=1S/C13H15N3O3/c1-8(2)15-11(12(17)18)14-16(13(15)19)10-6-4-9(3)5-7-10/h4-8H,1-3H3,(H,17,18). The number of benzene rings is 1. The molecule has 19 heavy (non-hydrogen) atoms. The molecule has 6 nitrogen and oxygen atoms in total. The second-order valence-corrected chi connectivity index (χ2v) is 4.62. The van der Waals surface area contributed by atoms with E-state index in [9.17, 15) is 9.59 Å². The molecule has 0 saturated carbocycles. The highest BCUT2D eigenvalue weighted by atomic mass is 16.4. The highest BCUT2D eigenvalue weighted by Crippen LogP contribution is 2.09. The van der Waals surface area contributed by atoms with Gasteiger partial charge in [-0.1, -0.05) is 17.7 Å². The molecule has 0 spiro atoms. The third-order valence-electron chi connectivity index (χ3n) is 2.80. The van der Waals surface area contributed by atoms with Crippen LogP contribution in [0.5, 0.6) is 0 Å². The number of aromatic nitrogens is 3. The predicted molar refractivity (Wildman–Crippen MR) is 69.9 cm³/mol. The second-order valence-electron chi connectivity index (χ2n) is 4.62. The Hall–Kier alpha value is -2.37. The summed E-state index contributed by atoms with van der Waals surface area (Å²) in [5.41, 5.74) is 1.16. The minimum atomic E-state index is -1.21. The van der Waals surface area contributed by atoms with E-state index in [0.29, 0.717) is 5.69 Å². The van der Waals surface area contributed by atoms with Gasteiger partial charge in [-0.3, -0.25) is 4.57 Å². The summed E-state index contributed by atoms with van der Waals surface area (Å²) in [6.07, 6.45) is 0. The lowest BCUT2D eigenvalue weighted by Crippen LogP contribution is -2.26. The van der Waals surface area contributed by atoms with Crippen molar-refractivity contribution in [1.29, 1.82) is 0 Å². The van der Waals surface area contributed by atoms with Crippen molar-refractivity contribution < 1.29 is 9.90 Å². The maximum absolute atomic E-state index is 12.2. The van der Waals surface area contributed by atoms with Gasteiger partial charge in [-0.15, -0.1) is 5.10 Å². The molecule has 0 aliphatic carbocycles. The van der Waals surface area contributed by atoms with Crippen LogP contribution in [0.25, 0.3) is 5.69 Å². The molecule has 1 heterocycles. The first kappa shape index (κ1) is 13.1. The summed E-state index contributed by atoms with van der Waals surface area (Å²) in [6, 6.07) is 6.89. The smallest absolute Gasteiger partial charge is 0.374 e. The van der Waals surface area contributed by atoms with Crippen molar-refractivity contribution in [2.75, 3.05) is 0 Å². The van der Waals surface area contributed by atoms with Crippen LogP contribution < -0.4 is 5.69 Å². The van der Waals surface area contributed by atoms with Gasteiger partial charge in [0.05, 0.1) is 5.69 Å². The number of aryl methyl sites for hydroxylation is 1. The van der Waals surface area contributed by atoms with Gasteiger partial charge in [0.25, 0.3) is 0 Å². The number of hydrogen-bond acceptors (Lipinski definition) is 3. The zero-order chi connectivity index (χ0) is 14.2. The van der Waals surface area contributed by atoms with Crippen LogP contribution in [-0.4, -0.2) is 25.4 Å². The van der Waals surface area contributed by atoms with Crippen LogP contribution in [0.15, 0.2) is 29.1 Å². The van der Waals surface area contributed by atoms with Crippen LogP contribution in [0.4, 0.5) is 0 Å². The van der Waals surface area contributed by atoms with Gasteiger partial charge in [0, 0.05) is 6.04 Å². The van der Waals surface area contributed by atoms with Crippen LogP contribution in [0.2, 0.25) is 0 Å². The fourth-order valence-corrected chi connectivity index (χ4v) is 1.84. The monoisotopic (exact) mass is 261 g/mol. The van der Waals surface area contributed by atoms with E-state index in [1.807, 2.05) is 19.1 Å². The molecule has 2 rings (SSSR count). The molecule has 0 unspecified atom stereocenters. The Balaban J connectivity index is 2.66. The number of aromatic carboxylic acids is 1. The maximum Gasteiger partial charge on any atom is 0.374 e. The van der Waals surface area contributed by atoms with Gasteiger partial charge in [-0.2, -0.15) is 4.68 Å². The SMILES string of the molecule is Cc1ccc(-n2nc(C(=O)O)n(C(C)C)c2=O)cc1. The number of rotatable bonds is 3. The number of carboxylic acids is 1. The Labute approximate surface area is 109 Å². The predicted octanol–water partition coefficient (Wildman–Crippen LogP) is 1.62. The van der Waals surface area contributed by atoms with Crippen molar-refractivity contribution in [3.63, 3.8) is 0 Å². The third-order valence-corrected chi connectivity index (χ3v) is 2.80. The van der Waals surface area contributed by atoms with Crippen LogP contribution in [0.1, 0.15) is 36.1 Å². The molecule has 6 heteroatoms. The summed E-state index contributed by atoms with van der Waals surface area (Å²) in [5.74, 6) is -1.46. The normalized spacial score (nSPS) is 10.9. The zero-order valence-corrected chi connectivity index (χ0v) is 11.0. The van der Waals surface area contributed by atoms with Gasteiger partial charge in [0.1, 0.15) is 0 Å². The molecular weight excluding hydrogens is 246 g/mol. The first-order valence-corrected chi connectivity index (χ1v) is 5.93. The molecule has 1 aromatic heterocycles. The van der Waals surface area contributed by atoms with Crippen molar-refractivity contribution in [3.05, 3.63) is 46.1 Å². The number of carboxylic acid groups (broad SMARTS) is 1. The maximum atomic E-state index is 12.2. The fraction of sp³-hybridized carbons (Fsp3) is 0.308. The number of nitrogens with zero attached hydrogens (tertiary/aromatic N) is 3. The lowest BCUT2D eigenvalue weighted by Gasteiger charge is -2.05. The molecule has 0 amide bonds. The molecule has 0 aliphatic heterocycles. The first-order valence-electron chi connectivity index (χ1n) is 5.93. The first-order chi connectivity index (χ1) is 8.91. The van der Waals surface area contributed by atoms with Crippen LogP contribution in [-0.2, 0) is 0 Å². The Morgan fingerprint density at radius 1 is 1.26 bits per heavy atom. The minimum absolute atomic E-state index is 0.249. The van der Waals surface area contributed by atoms with E-state index in [-0.39, 0.29) is 11.9 Å².